The van der Waals surface area contributed by atoms with E-state index in [9.17, 15) is 0 Å². The third-order valence-electron chi connectivity index (χ3n) is 4.66. The summed E-state index contributed by atoms with van der Waals surface area (Å²) in [6.45, 7) is 6.12. The number of thioether (sulfide) groups is 1. The van der Waals surface area contributed by atoms with E-state index in [0.717, 1.165) is 48.5 Å². The van der Waals surface area contributed by atoms with Gasteiger partial charge < -0.3 is 9.42 Å². The van der Waals surface area contributed by atoms with E-state index in [0.29, 0.717) is 10.9 Å². The minimum Gasteiger partial charge on any atom is -0.341 e. The number of aromatic nitrogens is 5. The second-order valence-electron chi connectivity index (χ2n) is 6.85. The normalized spacial score (nSPS) is 15.3. The molecule has 0 bridgehead atoms. The highest BCUT2D eigenvalue weighted by Gasteiger charge is 2.25. The lowest BCUT2D eigenvalue weighted by molar-refractivity contribution is 0.374. The molecule has 1 aromatic carbocycles. The van der Waals surface area contributed by atoms with Crippen LogP contribution in [-0.2, 0) is 6.42 Å². The number of halogens is 1. The second kappa shape index (κ2) is 8.53. The highest BCUT2D eigenvalue weighted by Crippen LogP contribution is 2.37. The molecule has 0 saturated carbocycles. The zero-order valence-electron chi connectivity index (χ0n) is 16.0. The Morgan fingerprint density at radius 1 is 1.25 bits per heavy atom. The summed E-state index contributed by atoms with van der Waals surface area (Å²) < 4.78 is 7.52. The molecule has 2 aromatic heterocycles. The number of rotatable bonds is 7. The van der Waals surface area contributed by atoms with Gasteiger partial charge in [0.1, 0.15) is 0 Å². The summed E-state index contributed by atoms with van der Waals surface area (Å²) in [5, 5.41) is 14.5. The summed E-state index contributed by atoms with van der Waals surface area (Å²) in [6.07, 6.45) is 4.15. The van der Waals surface area contributed by atoms with Crippen molar-refractivity contribution in [3.63, 3.8) is 0 Å². The summed E-state index contributed by atoms with van der Waals surface area (Å²) in [5.74, 6) is 2.21. The van der Waals surface area contributed by atoms with Crippen LogP contribution in [0.4, 0.5) is 5.95 Å². The van der Waals surface area contributed by atoms with Gasteiger partial charge in [-0.05, 0) is 44.4 Å². The molecule has 1 fully saturated rings. The molecule has 3 aromatic rings. The van der Waals surface area contributed by atoms with Gasteiger partial charge in [-0.25, -0.2) is 0 Å². The van der Waals surface area contributed by atoms with Gasteiger partial charge in [0.15, 0.2) is 11.0 Å². The molecule has 148 valence electrons. The monoisotopic (exact) mass is 418 g/mol. The molecule has 0 spiro atoms. The Morgan fingerprint density at radius 2 is 2.07 bits per heavy atom. The molecule has 0 aliphatic carbocycles. The van der Waals surface area contributed by atoms with Crippen molar-refractivity contribution >= 4 is 29.3 Å². The van der Waals surface area contributed by atoms with Crippen LogP contribution >= 0.6 is 23.4 Å². The highest BCUT2D eigenvalue weighted by molar-refractivity contribution is 7.99. The third-order valence-corrected chi connectivity index (χ3v) is 5.92. The van der Waals surface area contributed by atoms with Crippen LogP contribution in [0.3, 0.4) is 0 Å². The first-order chi connectivity index (χ1) is 13.7. The van der Waals surface area contributed by atoms with E-state index in [4.69, 9.17) is 16.1 Å². The smallest absolute Gasteiger partial charge is 0.239 e. The van der Waals surface area contributed by atoms with Gasteiger partial charge in [-0.3, -0.25) is 4.57 Å². The Balaban J connectivity index is 1.66. The predicted octanol–water partition coefficient (Wildman–Crippen LogP) is 4.71. The van der Waals surface area contributed by atoms with E-state index in [1.54, 1.807) is 11.8 Å². The topological polar surface area (TPSA) is 72.9 Å². The number of hydrogen-bond donors (Lipinski definition) is 0. The van der Waals surface area contributed by atoms with E-state index in [1.807, 2.05) is 31.2 Å². The lowest BCUT2D eigenvalue weighted by atomic mass is 10.3. The molecule has 1 saturated heterocycles. The number of aryl methyl sites for hydroxylation is 1. The minimum absolute atomic E-state index is 0.0355. The molecule has 28 heavy (non-hydrogen) atoms. The largest absolute Gasteiger partial charge is 0.341 e. The molecule has 0 N–H and O–H groups in total. The van der Waals surface area contributed by atoms with Crippen LogP contribution in [0.1, 0.15) is 50.1 Å². The summed E-state index contributed by atoms with van der Waals surface area (Å²) in [6, 6.07) is 7.77. The van der Waals surface area contributed by atoms with Crippen molar-refractivity contribution in [2.45, 2.75) is 49.9 Å². The number of hydrogen-bond acceptors (Lipinski definition) is 7. The SMILES string of the molecule is CCCc1noc([C@H](C)Sc2nnc(N3CCCC3)n2-c2cccc(Cl)c2)n1. The van der Waals surface area contributed by atoms with E-state index in [2.05, 4.69) is 36.7 Å². The zero-order chi connectivity index (χ0) is 19.5. The molecular formula is C19H23ClN6OS. The van der Waals surface area contributed by atoms with E-state index < -0.39 is 0 Å². The lowest BCUT2D eigenvalue weighted by Gasteiger charge is -2.19. The van der Waals surface area contributed by atoms with Crippen LogP contribution in [0.15, 0.2) is 33.9 Å². The number of anilines is 1. The Labute approximate surface area is 173 Å². The lowest BCUT2D eigenvalue weighted by Crippen LogP contribution is -2.22. The van der Waals surface area contributed by atoms with Crippen molar-refractivity contribution in [2.75, 3.05) is 18.0 Å². The number of nitrogens with zero attached hydrogens (tertiary/aromatic N) is 6. The van der Waals surface area contributed by atoms with Crippen LogP contribution in [0.5, 0.6) is 0 Å². The summed E-state index contributed by atoms with van der Waals surface area (Å²) in [4.78, 5) is 6.78. The first kappa shape index (κ1) is 19.3. The molecule has 1 atom stereocenters. The predicted molar refractivity (Wildman–Crippen MR) is 110 cm³/mol. The molecule has 7 nitrogen and oxygen atoms in total. The fraction of sp³-hybridized carbons (Fsp3) is 0.474. The van der Waals surface area contributed by atoms with Crippen molar-refractivity contribution in [1.82, 2.24) is 24.9 Å². The molecule has 0 radical (unpaired) electrons. The Bertz CT molecular complexity index is 936. The maximum Gasteiger partial charge on any atom is 0.239 e. The van der Waals surface area contributed by atoms with Crippen molar-refractivity contribution in [3.05, 3.63) is 41.0 Å². The molecule has 1 aliphatic rings. The van der Waals surface area contributed by atoms with Crippen molar-refractivity contribution in [2.24, 2.45) is 0 Å². The Kier molecular flexibility index (Phi) is 5.87. The third kappa shape index (κ3) is 4.03. The summed E-state index contributed by atoms with van der Waals surface area (Å²) >= 11 is 7.81. The Morgan fingerprint density at radius 3 is 2.82 bits per heavy atom. The van der Waals surface area contributed by atoms with E-state index in [1.165, 1.54) is 12.8 Å². The molecule has 0 amide bonds. The first-order valence-corrected chi connectivity index (χ1v) is 10.9. The van der Waals surface area contributed by atoms with E-state index >= 15 is 0 Å². The molecule has 3 heterocycles. The molecule has 1 aliphatic heterocycles. The van der Waals surface area contributed by atoms with Gasteiger partial charge in [0.05, 0.1) is 10.9 Å². The van der Waals surface area contributed by atoms with Crippen molar-refractivity contribution < 1.29 is 4.52 Å². The minimum atomic E-state index is -0.0355. The van der Waals surface area contributed by atoms with Crippen LogP contribution in [-0.4, -0.2) is 38.0 Å². The molecule has 0 unspecified atom stereocenters. The molecule has 4 rings (SSSR count). The van der Waals surface area contributed by atoms with Gasteiger partial charge in [-0.2, -0.15) is 4.98 Å². The maximum atomic E-state index is 6.25. The molecule has 9 heteroatoms. The van der Waals surface area contributed by atoms with Crippen molar-refractivity contribution in [3.8, 4) is 5.69 Å². The van der Waals surface area contributed by atoms with Crippen LogP contribution in [0.25, 0.3) is 5.69 Å². The summed E-state index contributed by atoms with van der Waals surface area (Å²) in [7, 11) is 0. The Hall–Kier alpha value is -2.06. The van der Waals surface area contributed by atoms with Crippen LogP contribution in [0.2, 0.25) is 5.02 Å². The number of benzene rings is 1. The average Bonchev–Trinajstić information content (AvgIpc) is 3.42. The second-order valence-corrected chi connectivity index (χ2v) is 8.60. The summed E-state index contributed by atoms with van der Waals surface area (Å²) in [5.41, 5.74) is 0.950. The van der Waals surface area contributed by atoms with Gasteiger partial charge in [0.25, 0.3) is 0 Å². The maximum absolute atomic E-state index is 6.25. The van der Waals surface area contributed by atoms with Gasteiger partial charge in [-0.15, -0.1) is 10.2 Å². The highest BCUT2D eigenvalue weighted by atomic mass is 35.5. The standard InChI is InChI=1S/C19H23ClN6OS/c1-3-7-16-21-17(27-24-16)13(2)28-19-23-22-18(25-10-4-5-11-25)26(19)15-9-6-8-14(20)12-15/h6,8-9,12-13H,3-5,7,10-11H2,1-2H3/t13-/m0/s1. The van der Waals surface area contributed by atoms with Gasteiger partial charge in [0.2, 0.25) is 11.8 Å². The average molecular weight is 419 g/mol. The van der Waals surface area contributed by atoms with Gasteiger partial charge in [-0.1, -0.05) is 41.5 Å². The molecular weight excluding hydrogens is 396 g/mol. The van der Waals surface area contributed by atoms with E-state index in [-0.39, 0.29) is 5.25 Å². The van der Waals surface area contributed by atoms with Crippen LogP contribution in [0, 0.1) is 0 Å². The first-order valence-electron chi connectivity index (χ1n) is 9.61. The van der Waals surface area contributed by atoms with Gasteiger partial charge in [0, 0.05) is 24.5 Å². The fourth-order valence-electron chi connectivity index (χ4n) is 3.27. The van der Waals surface area contributed by atoms with Gasteiger partial charge >= 0.3 is 0 Å². The quantitative estimate of drug-likeness (QED) is 0.514. The van der Waals surface area contributed by atoms with Crippen molar-refractivity contribution in [1.29, 1.82) is 0 Å². The van der Waals surface area contributed by atoms with Crippen LogP contribution < -0.4 is 4.90 Å². The fourth-order valence-corrected chi connectivity index (χ4v) is 4.35. The zero-order valence-corrected chi connectivity index (χ0v) is 17.6.